The molecule has 1 aliphatic heterocycles. The van der Waals surface area contributed by atoms with Crippen molar-refractivity contribution in [2.24, 2.45) is 0 Å². The van der Waals surface area contributed by atoms with Crippen molar-refractivity contribution in [1.29, 1.82) is 0 Å². The largest absolute Gasteiger partial charge is 0.497 e. The molecule has 34 heavy (non-hydrogen) atoms. The predicted molar refractivity (Wildman–Crippen MR) is 136 cm³/mol. The standard InChI is InChI=1S/C29H34N2O3/c1-33-27-10-6-7-22(19-27)13-15-31-29(32)25-11-12-28-26(20-25)18-23-8-5-9-24(17-23)21-30-14-3-2-4-16-34-28/h5-12,17,19-20,30H,2-4,13-16,18,21H2,1H3,(H,31,32). The normalized spacial score (nSPS) is 14.3. The number of hydrogen-bond acceptors (Lipinski definition) is 4. The van der Waals surface area contributed by atoms with Gasteiger partial charge in [-0.2, -0.15) is 0 Å². The van der Waals surface area contributed by atoms with Gasteiger partial charge in [-0.1, -0.05) is 36.4 Å². The van der Waals surface area contributed by atoms with Crippen molar-refractivity contribution >= 4 is 5.91 Å². The Labute approximate surface area is 202 Å². The van der Waals surface area contributed by atoms with Gasteiger partial charge >= 0.3 is 0 Å². The van der Waals surface area contributed by atoms with Crippen molar-refractivity contribution in [3.05, 3.63) is 94.5 Å². The van der Waals surface area contributed by atoms with Crippen LogP contribution in [0, 0.1) is 0 Å². The molecule has 0 atom stereocenters. The zero-order valence-corrected chi connectivity index (χ0v) is 19.9. The lowest BCUT2D eigenvalue weighted by atomic mass is 9.99. The molecule has 1 heterocycles. The van der Waals surface area contributed by atoms with E-state index >= 15 is 0 Å². The molecule has 0 radical (unpaired) electrons. The first-order valence-electron chi connectivity index (χ1n) is 12.2. The van der Waals surface area contributed by atoms with Crippen LogP contribution in [0.25, 0.3) is 0 Å². The first kappa shape index (κ1) is 23.8. The topological polar surface area (TPSA) is 59.6 Å². The maximum Gasteiger partial charge on any atom is 0.251 e. The Hall–Kier alpha value is -3.31. The third-order valence-corrected chi connectivity index (χ3v) is 6.13. The van der Waals surface area contributed by atoms with Gasteiger partial charge in [-0.05, 0) is 84.8 Å². The van der Waals surface area contributed by atoms with E-state index < -0.39 is 0 Å². The molecular weight excluding hydrogens is 424 g/mol. The first-order valence-corrected chi connectivity index (χ1v) is 12.2. The molecule has 0 aliphatic carbocycles. The first-order chi connectivity index (χ1) is 16.7. The van der Waals surface area contributed by atoms with Crippen molar-refractivity contribution in [2.45, 2.75) is 38.6 Å². The zero-order valence-electron chi connectivity index (χ0n) is 19.9. The molecule has 0 spiro atoms. The number of nitrogens with one attached hydrogen (secondary N) is 2. The number of hydrogen-bond donors (Lipinski definition) is 2. The molecule has 5 nitrogen and oxygen atoms in total. The second-order valence-electron chi connectivity index (χ2n) is 8.76. The highest BCUT2D eigenvalue weighted by atomic mass is 16.5. The molecule has 0 saturated carbocycles. The third-order valence-electron chi connectivity index (χ3n) is 6.13. The smallest absolute Gasteiger partial charge is 0.251 e. The van der Waals surface area contributed by atoms with E-state index in [1.165, 1.54) is 11.1 Å². The van der Waals surface area contributed by atoms with Crippen LogP contribution in [-0.4, -0.2) is 32.7 Å². The number of amides is 1. The predicted octanol–water partition coefficient (Wildman–Crippen LogP) is 4.91. The summed E-state index contributed by atoms with van der Waals surface area (Å²) in [6.45, 7) is 3.16. The SMILES string of the molecule is COc1cccc(CCNC(=O)c2ccc3c(c2)Cc2cccc(c2)CNCCCCCO3)c1. The second-order valence-corrected chi connectivity index (χ2v) is 8.76. The monoisotopic (exact) mass is 458 g/mol. The molecule has 1 aliphatic rings. The minimum Gasteiger partial charge on any atom is -0.497 e. The van der Waals surface area contributed by atoms with E-state index in [0.717, 1.165) is 67.8 Å². The van der Waals surface area contributed by atoms with E-state index in [1.807, 2.05) is 42.5 Å². The number of rotatable bonds is 5. The van der Waals surface area contributed by atoms with E-state index in [0.29, 0.717) is 18.7 Å². The Balaban J connectivity index is 1.46. The summed E-state index contributed by atoms with van der Waals surface area (Å²) in [6.07, 6.45) is 4.78. The van der Waals surface area contributed by atoms with Crippen LogP contribution < -0.4 is 20.1 Å². The molecule has 0 unspecified atom stereocenters. The minimum absolute atomic E-state index is 0.0666. The van der Waals surface area contributed by atoms with Crippen molar-refractivity contribution in [1.82, 2.24) is 10.6 Å². The molecule has 3 aromatic rings. The number of benzene rings is 3. The molecule has 3 aromatic carbocycles. The van der Waals surface area contributed by atoms with Crippen molar-refractivity contribution < 1.29 is 14.3 Å². The molecule has 0 fully saturated rings. The average Bonchev–Trinajstić information content (AvgIpc) is 2.86. The Morgan fingerprint density at radius 1 is 1.00 bits per heavy atom. The van der Waals surface area contributed by atoms with Crippen LogP contribution in [0.5, 0.6) is 11.5 Å². The van der Waals surface area contributed by atoms with E-state index in [9.17, 15) is 4.79 Å². The van der Waals surface area contributed by atoms with Gasteiger partial charge in [0.1, 0.15) is 11.5 Å². The van der Waals surface area contributed by atoms with Crippen molar-refractivity contribution in [3.63, 3.8) is 0 Å². The minimum atomic E-state index is -0.0666. The van der Waals surface area contributed by atoms with Crippen LogP contribution in [0.2, 0.25) is 0 Å². The van der Waals surface area contributed by atoms with Crippen molar-refractivity contribution in [2.75, 3.05) is 26.8 Å². The molecule has 0 saturated heterocycles. The van der Waals surface area contributed by atoms with E-state index in [4.69, 9.17) is 9.47 Å². The fraction of sp³-hybridized carbons (Fsp3) is 0.345. The molecule has 2 N–H and O–H groups in total. The van der Waals surface area contributed by atoms with E-state index in [1.54, 1.807) is 7.11 Å². The lowest BCUT2D eigenvalue weighted by molar-refractivity contribution is 0.0954. The maximum atomic E-state index is 12.9. The molecule has 178 valence electrons. The van der Waals surface area contributed by atoms with Crippen LogP contribution >= 0.6 is 0 Å². The summed E-state index contributed by atoms with van der Waals surface area (Å²) in [5.74, 6) is 1.63. The lowest BCUT2D eigenvalue weighted by Gasteiger charge is -2.15. The zero-order chi connectivity index (χ0) is 23.6. The highest BCUT2D eigenvalue weighted by Gasteiger charge is 2.12. The summed E-state index contributed by atoms with van der Waals surface area (Å²) in [6, 6.07) is 22.4. The molecule has 2 bridgehead atoms. The van der Waals surface area contributed by atoms with E-state index in [2.05, 4.69) is 34.9 Å². The van der Waals surface area contributed by atoms with Crippen LogP contribution in [0.1, 0.15) is 51.9 Å². The van der Waals surface area contributed by atoms with Gasteiger partial charge in [0.2, 0.25) is 0 Å². The van der Waals surface area contributed by atoms with Gasteiger partial charge in [-0.3, -0.25) is 4.79 Å². The molecule has 4 rings (SSSR count). The lowest BCUT2D eigenvalue weighted by Crippen LogP contribution is -2.25. The Bertz CT molecular complexity index is 1100. The van der Waals surface area contributed by atoms with Gasteiger partial charge in [0.15, 0.2) is 0 Å². The molecule has 1 amide bonds. The fourth-order valence-corrected chi connectivity index (χ4v) is 4.26. The van der Waals surface area contributed by atoms with Crippen LogP contribution in [0.3, 0.4) is 0 Å². The number of ether oxygens (including phenoxy) is 2. The highest BCUT2D eigenvalue weighted by molar-refractivity contribution is 5.94. The summed E-state index contributed by atoms with van der Waals surface area (Å²) < 4.78 is 11.4. The average molecular weight is 459 g/mol. The Morgan fingerprint density at radius 2 is 1.88 bits per heavy atom. The van der Waals surface area contributed by atoms with Crippen LogP contribution in [0.15, 0.2) is 66.7 Å². The second kappa shape index (κ2) is 12.2. The van der Waals surface area contributed by atoms with Crippen LogP contribution in [-0.2, 0) is 19.4 Å². The van der Waals surface area contributed by atoms with Crippen molar-refractivity contribution in [3.8, 4) is 11.5 Å². The quantitative estimate of drug-likeness (QED) is 0.570. The fourth-order valence-electron chi connectivity index (χ4n) is 4.26. The summed E-state index contributed by atoms with van der Waals surface area (Å²) in [4.78, 5) is 12.9. The van der Waals surface area contributed by atoms with Gasteiger partial charge in [0, 0.05) is 25.1 Å². The third kappa shape index (κ3) is 6.84. The highest BCUT2D eigenvalue weighted by Crippen LogP contribution is 2.25. The molecule has 5 heteroatoms. The van der Waals surface area contributed by atoms with Gasteiger partial charge in [0.25, 0.3) is 5.91 Å². The van der Waals surface area contributed by atoms with Gasteiger partial charge in [-0.15, -0.1) is 0 Å². The Morgan fingerprint density at radius 3 is 2.79 bits per heavy atom. The molecule has 0 aromatic heterocycles. The van der Waals surface area contributed by atoms with Gasteiger partial charge < -0.3 is 20.1 Å². The number of carbonyl (C=O) groups is 1. The number of fused-ring (bicyclic) bond motifs is 3. The summed E-state index contributed by atoms with van der Waals surface area (Å²) in [5.41, 5.74) is 5.33. The molecular formula is C29H34N2O3. The number of carbonyl (C=O) groups excluding carboxylic acids is 1. The van der Waals surface area contributed by atoms with Gasteiger partial charge in [-0.25, -0.2) is 0 Å². The Kier molecular flexibility index (Phi) is 8.58. The van der Waals surface area contributed by atoms with Gasteiger partial charge in [0.05, 0.1) is 13.7 Å². The van der Waals surface area contributed by atoms with Crippen LogP contribution in [0.4, 0.5) is 0 Å². The number of methoxy groups -OCH3 is 1. The maximum absolute atomic E-state index is 12.9. The summed E-state index contributed by atoms with van der Waals surface area (Å²) in [5, 5.41) is 6.58. The summed E-state index contributed by atoms with van der Waals surface area (Å²) >= 11 is 0. The van der Waals surface area contributed by atoms with E-state index in [-0.39, 0.29) is 5.91 Å². The summed E-state index contributed by atoms with van der Waals surface area (Å²) in [7, 11) is 1.66.